The van der Waals surface area contributed by atoms with Gasteiger partial charge in [-0.2, -0.15) is 5.26 Å². The van der Waals surface area contributed by atoms with Crippen LogP contribution in [0.25, 0.3) is 10.2 Å². The van der Waals surface area contributed by atoms with Crippen molar-refractivity contribution in [3.05, 3.63) is 76.3 Å². The van der Waals surface area contributed by atoms with Crippen molar-refractivity contribution in [2.75, 3.05) is 11.9 Å². The highest BCUT2D eigenvalue weighted by molar-refractivity contribution is 7.22. The molecular weight excluding hydrogens is 490 g/mol. The molecule has 1 amide bonds. The number of hydrogen-bond donors (Lipinski definition) is 2. The number of aromatic nitrogens is 1. The Bertz CT molecular complexity index is 1510. The molecule has 1 aliphatic heterocycles. The third-order valence-corrected chi connectivity index (χ3v) is 6.65. The van der Waals surface area contributed by atoms with Gasteiger partial charge in [0.15, 0.2) is 5.13 Å². The molecule has 1 aromatic heterocycles. The number of nitrogens with zero attached hydrogens (tertiary/aromatic N) is 2. The van der Waals surface area contributed by atoms with E-state index in [-0.39, 0.29) is 23.8 Å². The van der Waals surface area contributed by atoms with Gasteiger partial charge in [-0.1, -0.05) is 22.9 Å². The van der Waals surface area contributed by atoms with E-state index in [2.05, 4.69) is 10.3 Å². The van der Waals surface area contributed by atoms with Crippen molar-refractivity contribution in [1.82, 2.24) is 4.98 Å². The summed E-state index contributed by atoms with van der Waals surface area (Å²) in [6, 6.07) is 16.8. The molecule has 8 nitrogen and oxygen atoms in total. The Hall–Kier alpha value is -4.13. The summed E-state index contributed by atoms with van der Waals surface area (Å²) >= 11 is 7.33. The third-order valence-electron chi connectivity index (χ3n) is 5.49. The quantitative estimate of drug-likeness (QED) is 0.350. The minimum absolute atomic E-state index is 0.193. The van der Waals surface area contributed by atoms with E-state index in [0.29, 0.717) is 39.2 Å². The molecule has 0 spiro atoms. The molecule has 1 aliphatic rings. The van der Waals surface area contributed by atoms with Gasteiger partial charge in [0.2, 0.25) is 0 Å². The van der Waals surface area contributed by atoms with Gasteiger partial charge >= 0.3 is 5.97 Å². The van der Waals surface area contributed by atoms with Crippen LogP contribution in [-0.4, -0.2) is 28.6 Å². The highest BCUT2D eigenvalue weighted by Crippen LogP contribution is 2.39. The Balaban J connectivity index is 1.33. The SMILES string of the molecule is N#Cc1cc2c(cc1Oc1ccc(C(=O)Nc3nc4ccc(Cl)cc4s3)cc1)OCCC2C(=O)O. The number of thiazole rings is 1. The first kappa shape index (κ1) is 22.7. The van der Waals surface area contributed by atoms with Crippen LogP contribution in [-0.2, 0) is 4.79 Å². The van der Waals surface area contributed by atoms with Crippen LogP contribution < -0.4 is 14.8 Å². The van der Waals surface area contributed by atoms with E-state index in [1.165, 1.54) is 23.5 Å². The molecule has 1 atom stereocenters. The first-order chi connectivity index (χ1) is 16.9. The van der Waals surface area contributed by atoms with E-state index in [1.54, 1.807) is 42.5 Å². The number of benzene rings is 3. The molecule has 4 aromatic rings. The van der Waals surface area contributed by atoms with E-state index in [1.807, 2.05) is 6.07 Å². The fourth-order valence-corrected chi connectivity index (χ4v) is 4.91. The van der Waals surface area contributed by atoms with Gasteiger partial charge in [-0.3, -0.25) is 14.9 Å². The topological polar surface area (TPSA) is 122 Å². The Morgan fingerprint density at radius 1 is 1.20 bits per heavy atom. The average Bonchev–Trinajstić information content (AvgIpc) is 3.24. The normalized spacial score (nSPS) is 14.5. The van der Waals surface area contributed by atoms with Crippen LogP contribution in [0.2, 0.25) is 5.02 Å². The monoisotopic (exact) mass is 505 g/mol. The second-order valence-electron chi connectivity index (χ2n) is 7.74. The number of nitriles is 1. The fourth-order valence-electron chi connectivity index (χ4n) is 3.77. The largest absolute Gasteiger partial charge is 0.493 e. The highest BCUT2D eigenvalue weighted by Gasteiger charge is 2.29. The number of hydrogen-bond acceptors (Lipinski definition) is 7. The Morgan fingerprint density at radius 2 is 2.00 bits per heavy atom. The van der Waals surface area contributed by atoms with Crippen molar-refractivity contribution in [1.29, 1.82) is 5.26 Å². The molecule has 0 saturated heterocycles. The number of carbonyl (C=O) groups excluding carboxylic acids is 1. The first-order valence-electron chi connectivity index (χ1n) is 10.5. The summed E-state index contributed by atoms with van der Waals surface area (Å²) < 4.78 is 12.3. The smallest absolute Gasteiger partial charge is 0.311 e. The number of carboxylic acids is 1. The number of halogens is 1. The predicted molar refractivity (Wildman–Crippen MR) is 131 cm³/mol. The van der Waals surface area contributed by atoms with Gasteiger partial charge in [0.1, 0.15) is 23.3 Å². The molecule has 174 valence electrons. The van der Waals surface area contributed by atoms with Crippen molar-refractivity contribution in [2.45, 2.75) is 12.3 Å². The Labute approximate surface area is 208 Å². The predicted octanol–water partition coefficient (Wildman–Crippen LogP) is 5.82. The van der Waals surface area contributed by atoms with Crippen molar-refractivity contribution in [3.8, 4) is 23.3 Å². The maximum atomic E-state index is 12.7. The zero-order valence-electron chi connectivity index (χ0n) is 17.9. The van der Waals surface area contributed by atoms with Crippen LogP contribution >= 0.6 is 22.9 Å². The molecule has 3 aromatic carbocycles. The third kappa shape index (κ3) is 4.62. The van der Waals surface area contributed by atoms with Crippen molar-refractivity contribution < 1.29 is 24.2 Å². The number of nitrogens with one attached hydrogen (secondary N) is 1. The number of carbonyl (C=O) groups is 2. The number of carboxylic acid groups (broad SMARTS) is 1. The molecule has 0 radical (unpaired) electrons. The van der Waals surface area contributed by atoms with Crippen molar-refractivity contribution in [3.63, 3.8) is 0 Å². The molecule has 0 bridgehead atoms. The van der Waals surface area contributed by atoms with Crippen LogP contribution in [0.15, 0.2) is 54.6 Å². The first-order valence-corrected chi connectivity index (χ1v) is 11.7. The van der Waals surface area contributed by atoms with Crippen molar-refractivity contribution >= 4 is 50.2 Å². The molecule has 2 heterocycles. The summed E-state index contributed by atoms with van der Waals surface area (Å²) in [5.74, 6) is -1.01. The summed E-state index contributed by atoms with van der Waals surface area (Å²) in [5.41, 5.74) is 1.79. The van der Waals surface area contributed by atoms with Crippen LogP contribution in [0.1, 0.15) is 33.8 Å². The van der Waals surface area contributed by atoms with E-state index in [0.717, 1.165) is 10.2 Å². The Kier molecular flexibility index (Phi) is 5.99. The molecule has 35 heavy (non-hydrogen) atoms. The standard InChI is InChI=1S/C25H16ClN3O5S/c26-15-3-6-19-22(10-15)35-25(28-19)29-23(30)13-1-4-16(5-2-13)34-20-11-21-18(9-14(20)12-27)17(24(31)32)7-8-33-21/h1-6,9-11,17H,7-8H2,(H,31,32)(H,28,29,30). The van der Waals surface area contributed by atoms with Crippen LogP contribution in [0.3, 0.4) is 0 Å². The molecule has 0 saturated carbocycles. The van der Waals surface area contributed by atoms with Gasteiger partial charge in [0.25, 0.3) is 5.91 Å². The second kappa shape index (κ2) is 9.25. The maximum Gasteiger partial charge on any atom is 0.311 e. The molecule has 10 heteroatoms. The summed E-state index contributed by atoms with van der Waals surface area (Å²) in [7, 11) is 0. The van der Waals surface area contributed by atoms with Crippen LogP contribution in [0.4, 0.5) is 5.13 Å². The molecular formula is C25H16ClN3O5S. The van der Waals surface area contributed by atoms with Gasteiger partial charge in [0.05, 0.1) is 28.3 Å². The van der Waals surface area contributed by atoms with E-state index < -0.39 is 11.9 Å². The number of rotatable bonds is 5. The number of amides is 1. The molecule has 5 rings (SSSR count). The number of fused-ring (bicyclic) bond motifs is 2. The van der Waals surface area contributed by atoms with Gasteiger partial charge < -0.3 is 14.6 Å². The lowest BCUT2D eigenvalue weighted by molar-refractivity contribution is -0.139. The summed E-state index contributed by atoms with van der Waals surface area (Å²) in [6.07, 6.45) is 0.335. The number of anilines is 1. The summed E-state index contributed by atoms with van der Waals surface area (Å²) in [5, 5.41) is 22.9. The molecule has 1 unspecified atom stereocenters. The van der Waals surface area contributed by atoms with Crippen LogP contribution in [0, 0.1) is 11.3 Å². The lowest BCUT2D eigenvalue weighted by atomic mass is 9.91. The molecule has 0 fully saturated rings. The van der Waals surface area contributed by atoms with E-state index >= 15 is 0 Å². The van der Waals surface area contributed by atoms with Crippen LogP contribution in [0.5, 0.6) is 17.2 Å². The molecule has 2 N–H and O–H groups in total. The Morgan fingerprint density at radius 3 is 2.74 bits per heavy atom. The lowest BCUT2D eigenvalue weighted by Gasteiger charge is -2.24. The van der Waals surface area contributed by atoms with Gasteiger partial charge in [-0.15, -0.1) is 0 Å². The second-order valence-corrected chi connectivity index (χ2v) is 9.20. The van der Waals surface area contributed by atoms with Gasteiger partial charge in [0, 0.05) is 22.2 Å². The number of ether oxygens (including phenoxy) is 2. The van der Waals surface area contributed by atoms with Gasteiger partial charge in [-0.25, -0.2) is 4.98 Å². The van der Waals surface area contributed by atoms with E-state index in [4.69, 9.17) is 21.1 Å². The van der Waals surface area contributed by atoms with Crippen molar-refractivity contribution in [2.24, 2.45) is 0 Å². The van der Waals surface area contributed by atoms with Gasteiger partial charge in [-0.05, 0) is 55.0 Å². The number of aliphatic carboxylic acids is 1. The lowest BCUT2D eigenvalue weighted by Crippen LogP contribution is -2.21. The minimum Gasteiger partial charge on any atom is -0.493 e. The van der Waals surface area contributed by atoms with E-state index in [9.17, 15) is 20.0 Å². The zero-order chi connectivity index (χ0) is 24.5. The minimum atomic E-state index is -0.962. The highest BCUT2D eigenvalue weighted by atomic mass is 35.5. The maximum absolute atomic E-state index is 12.7. The zero-order valence-corrected chi connectivity index (χ0v) is 19.5. The summed E-state index contributed by atoms with van der Waals surface area (Å²) in [6.45, 7) is 0.265. The average molecular weight is 506 g/mol. The molecule has 0 aliphatic carbocycles. The summed E-state index contributed by atoms with van der Waals surface area (Å²) in [4.78, 5) is 28.6. The fraction of sp³-hybridized carbons (Fsp3) is 0.120.